The summed E-state index contributed by atoms with van der Waals surface area (Å²) in [5.74, 6) is 0.437. The standard InChI is InChI=1S/C13H23N5O/c1-4-6-15-13-16-9-11(10-17-13)12(19)14-7-5-8-18(2)3/h9-10H,4-8H2,1-3H3,(H,14,19)(H,15,16,17). The van der Waals surface area contributed by atoms with Gasteiger partial charge in [-0.05, 0) is 33.5 Å². The summed E-state index contributed by atoms with van der Waals surface area (Å²) in [7, 11) is 4.02. The molecule has 0 unspecified atom stereocenters. The zero-order valence-electron chi connectivity index (χ0n) is 11.9. The van der Waals surface area contributed by atoms with E-state index in [0.29, 0.717) is 18.1 Å². The number of aromatic nitrogens is 2. The van der Waals surface area contributed by atoms with Crippen LogP contribution in [0.5, 0.6) is 0 Å². The van der Waals surface area contributed by atoms with E-state index in [9.17, 15) is 4.79 Å². The highest BCUT2D eigenvalue weighted by Crippen LogP contribution is 2.00. The third-order valence-corrected chi connectivity index (χ3v) is 2.51. The Morgan fingerprint density at radius 2 is 1.95 bits per heavy atom. The maximum atomic E-state index is 11.8. The van der Waals surface area contributed by atoms with Crippen LogP contribution in [0.3, 0.4) is 0 Å². The molecule has 0 bridgehead atoms. The molecule has 0 fully saturated rings. The van der Waals surface area contributed by atoms with Crippen molar-refractivity contribution in [2.75, 3.05) is 39.0 Å². The van der Waals surface area contributed by atoms with Gasteiger partial charge in [0.2, 0.25) is 5.95 Å². The predicted octanol–water partition coefficient (Wildman–Crippen LogP) is 0.980. The van der Waals surface area contributed by atoms with Gasteiger partial charge in [-0.25, -0.2) is 9.97 Å². The van der Waals surface area contributed by atoms with E-state index in [0.717, 1.165) is 25.9 Å². The van der Waals surface area contributed by atoms with Gasteiger partial charge >= 0.3 is 0 Å². The van der Waals surface area contributed by atoms with Crippen molar-refractivity contribution in [3.63, 3.8) is 0 Å². The Hall–Kier alpha value is -1.69. The number of carbonyl (C=O) groups excluding carboxylic acids is 1. The summed E-state index contributed by atoms with van der Waals surface area (Å²) in [6.07, 6.45) is 5.03. The quantitative estimate of drug-likeness (QED) is 0.686. The minimum absolute atomic E-state index is 0.124. The van der Waals surface area contributed by atoms with Crippen LogP contribution in [0.2, 0.25) is 0 Å². The zero-order valence-corrected chi connectivity index (χ0v) is 11.9. The van der Waals surface area contributed by atoms with Crippen LogP contribution in [0.15, 0.2) is 12.4 Å². The lowest BCUT2D eigenvalue weighted by molar-refractivity contribution is 0.0951. The molecule has 0 atom stereocenters. The molecule has 2 N–H and O–H groups in total. The van der Waals surface area contributed by atoms with Crippen molar-refractivity contribution in [3.8, 4) is 0 Å². The van der Waals surface area contributed by atoms with Gasteiger partial charge in [0.1, 0.15) is 0 Å². The Kier molecular flexibility index (Phi) is 6.81. The largest absolute Gasteiger partial charge is 0.354 e. The lowest BCUT2D eigenvalue weighted by Crippen LogP contribution is -2.27. The average molecular weight is 265 g/mol. The van der Waals surface area contributed by atoms with Gasteiger partial charge in [0.25, 0.3) is 5.91 Å². The lowest BCUT2D eigenvalue weighted by Gasteiger charge is -2.09. The molecule has 1 amide bonds. The molecular formula is C13H23N5O. The zero-order chi connectivity index (χ0) is 14.1. The molecule has 6 nitrogen and oxygen atoms in total. The van der Waals surface area contributed by atoms with Crippen LogP contribution in [0.25, 0.3) is 0 Å². The number of amides is 1. The van der Waals surface area contributed by atoms with Crippen LogP contribution in [0, 0.1) is 0 Å². The first kappa shape index (κ1) is 15.4. The van der Waals surface area contributed by atoms with E-state index in [1.165, 1.54) is 0 Å². The normalized spacial score (nSPS) is 10.5. The molecule has 0 radical (unpaired) electrons. The van der Waals surface area contributed by atoms with Crippen LogP contribution in [-0.4, -0.2) is 54.5 Å². The van der Waals surface area contributed by atoms with Gasteiger partial charge in [0.05, 0.1) is 5.56 Å². The number of hydrogen-bond donors (Lipinski definition) is 2. The number of anilines is 1. The molecule has 0 aliphatic carbocycles. The minimum Gasteiger partial charge on any atom is -0.354 e. The smallest absolute Gasteiger partial charge is 0.254 e. The van der Waals surface area contributed by atoms with Gasteiger partial charge in [0, 0.05) is 25.5 Å². The van der Waals surface area contributed by atoms with E-state index >= 15 is 0 Å². The summed E-state index contributed by atoms with van der Waals surface area (Å²) in [5.41, 5.74) is 0.493. The van der Waals surface area contributed by atoms with Crippen LogP contribution < -0.4 is 10.6 Å². The van der Waals surface area contributed by atoms with Gasteiger partial charge in [0.15, 0.2) is 0 Å². The van der Waals surface area contributed by atoms with Crippen molar-refractivity contribution in [1.82, 2.24) is 20.2 Å². The highest BCUT2D eigenvalue weighted by atomic mass is 16.1. The fourth-order valence-corrected chi connectivity index (χ4v) is 1.47. The van der Waals surface area contributed by atoms with E-state index in [1.807, 2.05) is 14.1 Å². The summed E-state index contributed by atoms with van der Waals surface area (Å²) < 4.78 is 0. The number of carbonyl (C=O) groups is 1. The van der Waals surface area contributed by atoms with Gasteiger partial charge < -0.3 is 15.5 Å². The molecule has 0 saturated carbocycles. The number of nitrogens with one attached hydrogen (secondary N) is 2. The molecule has 19 heavy (non-hydrogen) atoms. The monoisotopic (exact) mass is 265 g/mol. The Morgan fingerprint density at radius 3 is 2.53 bits per heavy atom. The maximum absolute atomic E-state index is 11.8. The highest BCUT2D eigenvalue weighted by molar-refractivity contribution is 5.93. The summed E-state index contributed by atoms with van der Waals surface area (Å²) in [6.45, 7) is 4.52. The average Bonchev–Trinajstić information content (AvgIpc) is 2.41. The van der Waals surface area contributed by atoms with Crippen molar-refractivity contribution in [2.45, 2.75) is 19.8 Å². The fraction of sp³-hybridized carbons (Fsp3) is 0.615. The molecule has 0 spiro atoms. The molecule has 0 saturated heterocycles. The third-order valence-electron chi connectivity index (χ3n) is 2.51. The van der Waals surface area contributed by atoms with E-state index in [-0.39, 0.29) is 5.91 Å². The Labute approximate surface area is 114 Å². The van der Waals surface area contributed by atoms with Crippen LogP contribution in [0.1, 0.15) is 30.1 Å². The van der Waals surface area contributed by atoms with Crippen LogP contribution in [-0.2, 0) is 0 Å². The summed E-state index contributed by atoms with van der Waals surface area (Å²) in [4.78, 5) is 22.1. The molecule has 1 heterocycles. The minimum atomic E-state index is -0.124. The molecule has 6 heteroatoms. The SMILES string of the molecule is CCCNc1ncc(C(=O)NCCCN(C)C)cn1. The molecule has 0 aliphatic heterocycles. The van der Waals surface area contributed by atoms with Gasteiger partial charge in [-0.1, -0.05) is 6.92 Å². The van der Waals surface area contributed by atoms with Crippen molar-refractivity contribution >= 4 is 11.9 Å². The summed E-state index contributed by atoms with van der Waals surface area (Å²) >= 11 is 0. The molecule has 1 aromatic heterocycles. The summed E-state index contributed by atoms with van der Waals surface area (Å²) in [5, 5.41) is 5.92. The molecular weight excluding hydrogens is 242 g/mol. The molecule has 1 rings (SSSR count). The Bertz CT molecular complexity index is 377. The van der Waals surface area contributed by atoms with E-state index in [4.69, 9.17) is 0 Å². The summed E-state index contributed by atoms with van der Waals surface area (Å²) in [6, 6.07) is 0. The topological polar surface area (TPSA) is 70.2 Å². The van der Waals surface area contributed by atoms with Gasteiger partial charge in [-0.15, -0.1) is 0 Å². The molecule has 1 aromatic rings. The van der Waals surface area contributed by atoms with Crippen molar-refractivity contribution in [2.24, 2.45) is 0 Å². The van der Waals surface area contributed by atoms with E-state index in [1.54, 1.807) is 12.4 Å². The van der Waals surface area contributed by atoms with Crippen molar-refractivity contribution in [3.05, 3.63) is 18.0 Å². The first-order valence-corrected chi connectivity index (χ1v) is 6.62. The fourth-order valence-electron chi connectivity index (χ4n) is 1.47. The van der Waals surface area contributed by atoms with Crippen molar-refractivity contribution < 1.29 is 4.79 Å². The second-order valence-corrected chi connectivity index (χ2v) is 4.63. The predicted molar refractivity (Wildman–Crippen MR) is 76.3 cm³/mol. The maximum Gasteiger partial charge on any atom is 0.254 e. The second-order valence-electron chi connectivity index (χ2n) is 4.63. The van der Waals surface area contributed by atoms with E-state index < -0.39 is 0 Å². The first-order chi connectivity index (χ1) is 9.13. The highest BCUT2D eigenvalue weighted by Gasteiger charge is 2.06. The Morgan fingerprint density at radius 1 is 1.26 bits per heavy atom. The number of hydrogen-bond acceptors (Lipinski definition) is 5. The number of rotatable bonds is 8. The molecule has 0 aliphatic rings. The number of nitrogens with zero attached hydrogens (tertiary/aromatic N) is 3. The van der Waals surface area contributed by atoms with E-state index in [2.05, 4.69) is 32.4 Å². The first-order valence-electron chi connectivity index (χ1n) is 6.62. The van der Waals surface area contributed by atoms with Crippen molar-refractivity contribution in [1.29, 1.82) is 0 Å². The second kappa shape index (κ2) is 8.42. The van der Waals surface area contributed by atoms with Crippen LogP contribution in [0.4, 0.5) is 5.95 Å². The lowest BCUT2D eigenvalue weighted by atomic mass is 10.3. The van der Waals surface area contributed by atoms with Gasteiger partial charge in [-0.2, -0.15) is 0 Å². The molecule has 0 aromatic carbocycles. The van der Waals surface area contributed by atoms with Gasteiger partial charge in [-0.3, -0.25) is 4.79 Å². The van der Waals surface area contributed by atoms with Crippen LogP contribution >= 0.6 is 0 Å². The third kappa shape index (κ3) is 6.15. The Balaban J connectivity index is 2.36. The molecule has 106 valence electrons.